The van der Waals surface area contributed by atoms with Gasteiger partial charge in [0.15, 0.2) is 5.96 Å². The normalized spacial score (nSPS) is 22.2. The van der Waals surface area contributed by atoms with Crippen LogP contribution in [-0.4, -0.2) is 49.2 Å². The van der Waals surface area contributed by atoms with Gasteiger partial charge in [-0.05, 0) is 43.9 Å². The smallest absolute Gasteiger partial charge is 0.191 e. The highest BCUT2D eigenvalue weighted by atomic mass is 127. The molecular weight excluding hydrogens is 503 g/mol. The zero-order valence-electron chi connectivity index (χ0n) is 18.0. The molecular formula is C24H33IN4O2. The Morgan fingerprint density at radius 1 is 1.00 bits per heavy atom. The lowest BCUT2D eigenvalue weighted by atomic mass is 10.0. The Morgan fingerprint density at radius 3 is 2.61 bits per heavy atom. The molecule has 31 heavy (non-hydrogen) atoms. The summed E-state index contributed by atoms with van der Waals surface area (Å²) in [4.78, 5) is 7.57. The average Bonchev–Trinajstić information content (AvgIpc) is 3.50. The van der Waals surface area contributed by atoms with E-state index < -0.39 is 0 Å². The van der Waals surface area contributed by atoms with Crippen molar-refractivity contribution in [3.05, 3.63) is 54.0 Å². The minimum absolute atomic E-state index is 0. The minimum atomic E-state index is 0. The van der Waals surface area contributed by atoms with Crippen molar-refractivity contribution in [2.24, 2.45) is 4.99 Å². The molecule has 0 spiro atoms. The van der Waals surface area contributed by atoms with Gasteiger partial charge in [-0.3, -0.25) is 4.99 Å². The first kappa shape index (κ1) is 22.5. The van der Waals surface area contributed by atoms with Crippen molar-refractivity contribution in [1.29, 1.82) is 0 Å². The Balaban J connectivity index is 0.00000231. The molecule has 5 rings (SSSR count). The second kappa shape index (κ2) is 10.7. The topological polar surface area (TPSA) is 62.0 Å². The molecule has 1 saturated heterocycles. The van der Waals surface area contributed by atoms with Gasteiger partial charge in [0.1, 0.15) is 11.5 Å². The largest absolute Gasteiger partial charge is 0.493 e. The maximum Gasteiger partial charge on any atom is 0.191 e. The van der Waals surface area contributed by atoms with Crippen LogP contribution in [0.5, 0.6) is 5.75 Å². The number of aliphatic imine (C=N–C) groups is 1. The van der Waals surface area contributed by atoms with Gasteiger partial charge in [-0.15, -0.1) is 24.0 Å². The van der Waals surface area contributed by atoms with E-state index in [4.69, 9.17) is 14.1 Å². The van der Waals surface area contributed by atoms with E-state index in [1.807, 2.05) is 18.2 Å². The number of nitrogens with one attached hydrogen (secondary N) is 2. The van der Waals surface area contributed by atoms with Crippen molar-refractivity contribution in [1.82, 2.24) is 15.5 Å². The molecule has 6 nitrogen and oxygen atoms in total. The number of para-hydroxylation sites is 1. The van der Waals surface area contributed by atoms with E-state index in [1.165, 1.54) is 44.3 Å². The Bertz CT molecular complexity index is 845. The van der Waals surface area contributed by atoms with Crippen molar-refractivity contribution in [2.75, 3.05) is 26.2 Å². The fraction of sp³-hybridized carbons (Fsp3) is 0.542. The van der Waals surface area contributed by atoms with Crippen LogP contribution < -0.4 is 15.4 Å². The number of rotatable bonds is 6. The Morgan fingerprint density at radius 2 is 1.84 bits per heavy atom. The number of likely N-dealkylation sites (tertiary alicyclic amines) is 1. The first-order valence-corrected chi connectivity index (χ1v) is 11.4. The van der Waals surface area contributed by atoms with Gasteiger partial charge in [-0.2, -0.15) is 0 Å². The molecule has 1 atom stereocenters. The molecule has 168 valence electrons. The van der Waals surface area contributed by atoms with Crippen molar-refractivity contribution in [3.8, 4) is 5.75 Å². The number of guanidine groups is 1. The van der Waals surface area contributed by atoms with Gasteiger partial charge in [0.2, 0.25) is 0 Å². The summed E-state index contributed by atoms with van der Waals surface area (Å²) >= 11 is 0. The van der Waals surface area contributed by atoms with Crippen LogP contribution >= 0.6 is 24.0 Å². The van der Waals surface area contributed by atoms with Gasteiger partial charge in [0, 0.05) is 50.1 Å². The van der Waals surface area contributed by atoms with Crippen molar-refractivity contribution in [2.45, 2.75) is 56.7 Å². The number of hydrogen-bond donors (Lipinski definition) is 2. The fourth-order valence-corrected chi connectivity index (χ4v) is 4.56. The SMILES string of the molecule is I.c1coc(CCN=C(NC2CCN(C3CC3)CC2)NC2CCOc3ccccc32)c1. The quantitative estimate of drug-likeness (QED) is 0.331. The molecule has 1 aromatic carbocycles. The van der Waals surface area contributed by atoms with E-state index in [0.29, 0.717) is 12.6 Å². The number of hydrogen-bond acceptors (Lipinski definition) is 4. The van der Waals surface area contributed by atoms with Crippen molar-refractivity contribution >= 4 is 29.9 Å². The van der Waals surface area contributed by atoms with Crippen LogP contribution in [0.2, 0.25) is 0 Å². The second-order valence-electron chi connectivity index (χ2n) is 8.62. The maximum absolute atomic E-state index is 5.84. The zero-order chi connectivity index (χ0) is 20.2. The summed E-state index contributed by atoms with van der Waals surface area (Å²) in [5.74, 6) is 2.87. The first-order chi connectivity index (χ1) is 14.8. The van der Waals surface area contributed by atoms with Crippen LogP contribution in [0.15, 0.2) is 52.1 Å². The summed E-state index contributed by atoms with van der Waals surface area (Å²) in [6, 6.07) is 13.8. The number of piperidine rings is 1. The molecule has 7 heteroatoms. The molecule has 0 bridgehead atoms. The summed E-state index contributed by atoms with van der Waals surface area (Å²) in [5.41, 5.74) is 1.22. The van der Waals surface area contributed by atoms with Crippen LogP contribution in [0.3, 0.4) is 0 Å². The van der Waals surface area contributed by atoms with Gasteiger partial charge in [-0.25, -0.2) is 0 Å². The highest BCUT2D eigenvalue weighted by Gasteiger charge is 2.32. The standard InChI is InChI=1S/C24H32N4O2.HI/c1-2-6-23-21(5-1)22(12-17-30-23)27-24(25-13-9-20-4-3-16-29-20)26-18-10-14-28(15-11-18)19-7-8-19;/h1-6,16,18-19,22H,7-15,17H2,(H2,25,26,27);1H. The molecule has 0 amide bonds. The number of benzene rings is 1. The molecule has 1 aromatic heterocycles. The number of fused-ring (bicyclic) bond motifs is 1. The van der Waals surface area contributed by atoms with Crippen LogP contribution in [0.4, 0.5) is 0 Å². The predicted molar refractivity (Wildman–Crippen MR) is 133 cm³/mol. The van der Waals surface area contributed by atoms with Gasteiger partial charge in [-0.1, -0.05) is 18.2 Å². The molecule has 2 aliphatic heterocycles. The second-order valence-corrected chi connectivity index (χ2v) is 8.62. The van der Waals surface area contributed by atoms with Crippen LogP contribution in [0.25, 0.3) is 0 Å². The summed E-state index contributed by atoms with van der Waals surface area (Å²) in [6.45, 7) is 3.83. The third-order valence-corrected chi connectivity index (χ3v) is 6.41. The Hall–Kier alpha value is -1.74. The van der Waals surface area contributed by atoms with Crippen molar-refractivity contribution < 1.29 is 9.15 Å². The molecule has 3 heterocycles. The summed E-state index contributed by atoms with van der Waals surface area (Å²) in [7, 11) is 0. The lowest BCUT2D eigenvalue weighted by Crippen LogP contribution is -2.50. The zero-order valence-corrected chi connectivity index (χ0v) is 20.3. The highest BCUT2D eigenvalue weighted by molar-refractivity contribution is 14.0. The number of furan rings is 1. The monoisotopic (exact) mass is 536 g/mol. The Kier molecular flexibility index (Phi) is 7.76. The van der Waals surface area contributed by atoms with E-state index in [2.05, 4.69) is 33.7 Å². The third-order valence-electron chi connectivity index (χ3n) is 6.41. The molecule has 0 radical (unpaired) electrons. The maximum atomic E-state index is 5.84. The van der Waals surface area contributed by atoms with Crippen LogP contribution in [0.1, 0.15) is 49.5 Å². The van der Waals surface area contributed by atoms with E-state index in [-0.39, 0.29) is 30.0 Å². The number of halogens is 1. The first-order valence-electron chi connectivity index (χ1n) is 11.4. The minimum Gasteiger partial charge on any atom is -0.493 e. The molecule has 2 N–H and O–H groups in total. The molecule has 2 aromatic rings. The lowest BCUT2D eigenvalue weighted by molar-refractivity contribution is 0.197. The van der Waals surface area contributed by atoms with Crippen LogP contribution in [-0.2, 0) is 6.42 Å². The van der Waals surface area contributed by atoms with Gasteiger partial charge >= 0.3 is 0 Å². The summed E-state index contributed by atoms with van der Waals surface area (Å²) in [6.07, 6.45) is 8.62. The molecule has 3 aliphatic rings. The molecule has 1 saturated carbocycles. The molecule has 2 fully saturated rings. The van der Waals surface area contributed by atoms with Gasteiger partial charge in [0.05, 0.1) is 18.9 Å². The molecule has 1 unspecified atom stereocenters. The summed E-state index contributed by atoms with van der Waals surface area (Å²) in [5, 5.41) is 7.44. The predicted octanol–water partition coefficient (Wildman–Crippen LogP) is 4.13. The average molecular weight is 536 g/mol. The molecule has 1 aliphatic carbocycles. The van der Waals surface area contributed by atoms with Gasteiger partial charge < -0.3 is 24.7 Å². The van der Waals surface area contributed by atoms with E-state index in [9.17, 15) is 0 Å². The number of ether oxygens (including phenoxy) is 1. The van der Waals surface area contributed by atoms with Crippen molar-refractivity contribution in [3.63, 3.8) is 0 Å². The Labute approximate surface area is 201 Å². The van der Waals surface area contributed by atoms with Gasteiger partial charge in [0.25, 0.3) is 0 Å². The van der Waals surface area contributed by atoms with E-state index >= 15 is 0 Å². The van der Waals surface area contributed by atoms with E-state index in [0.717, 1.165) is 43.0 Å². The highest BCUT2D eigenvalue weighted by Crippen LogP contribution is 2.32. The van der Waals surface area contributed by atoms with Crippen LogP contribution in [0, 0.1) is 0 Å². The fourth-order valence-electron chi connectivity index (χ4n) is 4.56. The third kappa shape index (κ3) is 5.94. The summed E-state index contributed by atoms with van der Waals surface area (Å²) < 4.78 is 11.3. The number of nitrogens with zero attached hydrogens (tertiary/aromatic N) is 2. The lowest BCUT2D eigenvalue weighted by Gasteiger charge is -2.34. The van der Waals surface area contributed by atoms with E-state index in [1.54, 1.807) is 6.26 Å².